The molecule has 5 amide bonds. The van der Waals surface area contributed by atoms with Crippen molar-refractivity contribution in [3.05, 3.63) is 137 Å². The molecule has 2 unspecified atom stereocenters. The Hall–Kier alpha value is -7.14. The van der Waals surface area contributed by atoms with E-state index < -0.39 is 24.3 Å². The molecular weight excluding hydrogens is 751 g/mol. The van der Waals surface area contributed by atoms with E-state index in [1.807, 2.05) is 42.5 Å². The fraction of sp³-hybridized carbons (Fsp3) is 0.289. The minimum absolute atomic E-state index is 0.229. The minimum Gasteiger partial charge on any atom is -0.453 e. The van der Waals surface area contributed by atoms with Gasteiger partial charge in [0.25, 0.3) is 11.8 Å². The van der Waals surface area contributed by atoms with Crippen molar-refractivity contribution in [1.82, 2.24) is 35.7 Å². The first-order valence-corrected chi connectivity index (χ1v) is 19.5. The number of carbonyl (C=O) groups is 5. The molecule has 2 aliphatic rings. The Bertz CT molecular complexity index is 2370. The van der Waals surface area contributed by atoms with Gasteiger partial charge < -0.3 is 40.2 Å². The molecule has 302 valence electrons. The molecule has 0 aliphatic carbocycles. The monoisotopic (exact) mass is 795 g/mol. The van der Waals surface area contributed by atoms with Gasteiger partial charge in [0, 0.05) is 42.4 Å². The smallest absolute Gasteiger partial charge is 0.407 e. The molecule has 4 aromatic carbocycles. The third-order valence-corrected chi connectivity index (χ3v) is 10.7. The maximum atomic E-state index is 13.9. The van der Waals surface area contributed by atoms with Crippen molar-refractivity contribution in [2.75, 3.05) is 33.9 Å². The van der Waals surface area contributed by atoms with Crippen molar-refractivity contribution in [1.29, 1.82) is 0 Å². The summed E-state index contributed by atoms with van der Waals surface area (Å²) in [6, 6.07) is 28.4. The van der Waals surface area contributed by atoms with Crippen LogP contribution in [0.15, 0.2) is 103 Å². The SMILES string of the molecule is COC(=O)N[C@@H](C(=O)N1CCCC1CNC(=O)c1ccc(C#Cc2ccc3nc(C4CCCN4C(=O)[C@H](NC(=O)OC)c4ccccc4)[nH]c3c2)cc1)c1ccccc1. The highest BCUT2D eigenvalue weighted by atomic mass is 16.5. The van der Waals surface area contributed by atoms with Crippen molar-refractivity contribution in [3.8, 4) is 11.8 Å². The number of amides is 5. The lowest BCUT2D eigenvalue weighted by Gasteiger charge is -2.29. The summed E-state index contributed by atoms with van der Waals surface area (Å²) in [5.41, 5.74) is 4.76. The van der Waals surface area contributed by atoms with Crippen molar-refractivity contribution >= 4 is 40.9 Å². The molecule has 2 saturated heterocycles. The average molecular weight is 796 g/mol. The van der Waals surface area contributed by atoms with E-state index in [4.69, 9.17) is 14.5 Å². The molecular formula is C45H45N7O7. The fourth-order valence-corrected chi connectivity index (χ4v) is 7.63. The number of hydrogen-bond donors (Lipinski definition) is 4. The number of carbonyl (C=O) groups excluding carboxylic acids is 5. The lowest BCUT2D eigenvalue weighted by Crippen LogP contribution is -2.48. The van der Waals surface area contributed by atoms with Gasteiger partial charge in [0.05, 0.1) is 31.3 Å². The molecule has 0 radical (unpaired) electrons. The summed E-state index contributed by atoms with van der Waals surface area (Å²) >= 11 is 0. The number of fused-ring (bicyclic) bond motifs is 1. The number of rotatable bonds is 10. The van der Waals surface area contributed by atoms with E-state index in [2.05, 4.69) is 32.8 Å². The van der Waals surface area contributed by atoms with Gasteiger partial charge in [-0.1, -0.05) is 72.5 Å². The zero-order valence-electron chi connectivity index (χ0n) is 32.8. The second-order valence-corrected chi connectivity index (χ2v) is 14.4. The molecule has 5 aromatic rings. The molecule has 4 N–H and O–H groups in total. The molecule has 2 aliphatic heterocycles. The highest BCUT2D eigenvalue weighted by molar-refractivity contribution is 5.94. The number of nitrogens with one attached hydrogen (secondary N) is 4. The summed E-state index contributed by atoms with van der Waals surface area (Å²) < 4.78 is 9.58. The van der Waals surface area contributed by atoms with Crippen molar-refractivity contribution in [2.45, 2.75) is 49.9 Å². The molecule has 0 saturated carbocycles. The second kappa shape index (κ2) is 18.4. The van der Waals surface area contributed by atoms with Crippen LogP contribution in [-0.2, 0) is 19.1 Å². The quantitative estimate of drug-likeness (QED) is 0.133. The van der Waals surface area contributed by atoms with Gasteiger partial charge in [0.1, 0.15) is 17.9 Å². The van der Waals surface area contributed by atoms with Crippen LogP contribution in [0.4, 0.5) is 9.59 Å². The number of nitrogens with zero attached hydrogens (tertiary/aromatic N) is 3. The number of H-pyrrole nitrogens is 1. The Balaban J connectivity index is 0.974. The molecule has 0 spiro atoms. The summed E-state index contributed by atoms with van der Waals surface area (Å²) in [5.74, 6) is 6.25. The zero-order valence-corrected chi connectivity index (χ0v) is 32.8. The predicted octanol–water partition coefficient (Wildman–Crippen LogP) is 5.54. The Morgan fingerprint density at radius 1 is 0.729 bits per heavy atom. The van der Waals surface area contributed by atoms with Crippen LogP contribution in [0.1, 0.15) is 82.2 Å². The molecule has 2 fully saturated rings. The Morgan fingerprint density at radius 3 is 1.92 bits per heavy atom. The average Bonchev–Trinajstić information content (AvgIpc) is 4.06. The second-order valence-electron chi connectivity index (χ2n) is 14.4. The molecule has 1 aromatic heterocycles. The predicted molar refractivity (Wildman–Crippen MR) is 219 cm³/mol. The van der Waals surface area contributed by atoms with E-state index in [-0.39, 0.29) is 36.3 Å². The molecule has 59 heavy (non-hydrogen) atoms. The van der Waals surface area contributed by atoms with E-state index in [0.29, 0.717) is 35.6 Å². The third-order valence-electron chi connectivity index (χ3n) is 10.7. The molecule has 4 atom stereocenters. The number of aromatic amines is 1. The van der Waals surface area contributed by atoms with E-state index in [1.54, 1.807) is 70.5 Å². The van der Waals surface area contributed by atoms with Gasteiger partial charge in [-0.15, -0.1) is 0 Å². The third kappa shape index (κ3) is 9.37. The highest BCUT2D eigenvalue weighted by Crippen LogP contribution is 2.34. The molecule has 7 rings (SSSR count). The number of aromatic nitrogens is 2. The summed E-state index contributed by atoms with van der Waals surface area (Å²) in [5, 5.41) is 8.32. The number of benzene rings is 4. The Kier molecular flexibility index (Phi) is 12.5. The first-order chi connectivity index (χ1) is 28.7. The summed E-state index contributed by atoms with van der Waals surface area (Å²) in [4.78, 5) is 76.7. The number of methoxy groups -OCH3 is 2. The highest BCUT2D eigenvalue weighted by Gasteiger charge is 2.38. The standard InChI is InChI=1S/C45H45N7O7/c1-58-44(56)49-38(31-11-5-3-6-12-31)42(54)51-25-9-15-34(51)28-46-41(53)33-22-19-29(20-23-33)17-18-30-21-24-35-36(27-30)48-40(47-35)37-16-10-26-52(37)43(55)39(50-45(57)59-2)32-13-7-4-8-14-32/h3-8,11-14,19-24,27,34,37-39H,9-10,15-16,25-26,28H2,1-2H3,(H,46,53)(H,47,48)(H,49,56)(H,50,57)/t34?,37?,38-,39-/m1/s1. The largest absolute Gasteiger partial charge is 0.453 e. The van der Waals surface area contributed by atoms with E-state index in [9.17, 15) is 24.0 Å². The number of likely N-dealkylation sites (tertiary alicyclic amines) is 2. The summed E-state index contributed by atoms with van der Waals surface area (Å²) in [7, 11) is 2.52. The topological polar surface area (TPSA) is 175 Å². The van der Waals surface area contributed by atoms with Gasteiger partial charge in [-0.3, -0.25) is 14.4 Å². The van der Waals surface area contributed by atoms with Crippen LogP contribution >= 0.6 is 0 Å². The van der Waals surface area contributed by atoms with Gasteiger partial charge in [0.2, 0.25) is 5.91 Å². The van der Waals surface area contributed by atoms with Gasteiger partial charge >= 0.3 is 12.2 Å². The summed E-state index contributed by atoms with van der Waals surface area (Å²) in [6.45, 7) is 1.30. The van der Waals surface area contributed by atoms with Crippen LogP contribution in [0.25, 0.3) is 11.0 Å². The lowest BCUT2D eigenvalue weighted by molar-refractivity contribution is -0.135. The van der Waals surface area contributed by atoms with Crippen LogP contribution in [-0.4, -0.2) is 89.6 Å². The molecule has 0 bridgehead atoms. The first-order valence-electron chi connectivity index (χ1n) is 19.5. The maximum absolute atomic E-state index is 13.9. The van der Waals surface area contributed by atoms with Crippen molar-refractivity contribution in [2.24, 2.45) is 0 Å². The van der Waals surface area contributed by atoms with E-state index >= 15 is 0 Å². The fourth-order valence-electron chi connectivity index (χ4n) is 7.63. The lowest BCUT2D eigenvalue weighted by atomic mass is 10.1. The number of ether oxygens (including phenoxy) is 2. The zero-order chi connectivity index (χ0) is 41.3. The first kappa shape index (κ1) is 40.1. The number of hydrogen-bond acceptors (Lipinski definition) is 8. The number of alkyl carbamates (subject to hydrolysis) is 2. The van der Waals surface area contributed by atoms with Gasteiger partial charge in [-0.05, 0) is 79.3 Å². The normalized spacial score (nSPS) is 17.0. The molecule has 14 nitrogen and oxygen atoms in total. The van der Waals surface area contributed by atoms with Crippen molar-refractivity contribution in [3.63, 3.8) is 0 Å². The van der Waals surface area contributed by atoms with Crippen LogP contribution in [0, 0.1) is 11.8 Å². The van der Waals surface area contributed by atoms with E-state index in [0.717, 1.165) is 47.8 Å². The van der Waals surface area contributed by atoms with E-state index in [1.165, 1.54) is 14.2 Å². The maximum Gasteiger partial charge on any atom is 0.407 e. The Labute approximate surface area is 341 Å². The van der Waals surface area contributed by atoms with Crippen molar-refractivity contribution < 1.29 is 33.4 Å². The van der Waals surface area contributed by atoms with Gasteiger partial charge in [0.15, 0.2) is 0 Å². The Morgan fingerprint density at radius 2 is 1.29 bits per heavy atom. The molecule has 3 heterocycles. The minimum atomic E-state index is -0.912. The van der Waals surface area contributed by atoms with Crippen LogP contribution in [0.3, 0.4) is 0 Å². The number of imidazole rings is 1. The van der Waals surface area contributed by atoms with Crippen LogP contribution in [0.2, 0.25) is 0 Å². The summed E-state index contributed by atoms with van der Waals surface area (Å²) in [6.07, 6.45) is 1.61. The van der Waals surface area contributed by atoms with Gasteiger partial charge in [-0.2, -0.15) is 0 Å². The van der Waals surface area contributed by atoms with Crippen LogP contribution in [0.5, 0.6) is 0 Å². The molecule has 14 heteroatoms. The van der Waals surface area contributed by atoms with Gasteiger partial charge in [-0.25, -0.2) is 14.6 Å². The van der Waals surface area contributed by atoms with Crippen LogP contribution < -0.4 is 16.0 Å².